The van der Waals surface area contributed by atoms with Gasteiger partial charge in [0, 0.05) is 11.5 Å². The number of aliphatic hydroxyl groups excluding tert-OH is 2. The maximum Gasteiger partial charge on any atom is 0.296 e. The van der Waals surface area contributed by atoms with Gasteiger partial charge in [0.15, 0.2) is 0 Å². The van der Waals surface area contributed by atoms with Crippen LogP contribution < -0.4 is 5.32 Å². The first-order chi connectivity index (χ1) is 9.56. The molecule has 1 aliphatic heterocycles. The van der Waals surface area contributed by atoms with Crippen molar-refractivity contribution in [2.45, 2.75) is 18.6 Å². The molecule has 3 N–H and O–H groups in total. The van der Waals surface area contributed by atoms with Crippen molar-refractivity contribution in [1.29, 1.82) is 0 Å². The van der Waals surface area contributed by atoms with Crippen LogP contribution >= 0.6 is 0 Å². The van der Waals surface area contributed by atoms with Gasteiger partial charge in [-0.2, -0.15) is 0 Å². The number of nitrogens with one attached hydrogen (secondary N) is 1. The third kappa shape index (κ3) is 2.48. The van der Waals surface area contributed by atoms with E-state index in [4.69, 9.17) is 5.53 Å². The average Bonchev–Trinajstić information content (AvgIpc) is 2.73. The van der Waals surface area contributed by atoms with Crippen LogP contribution in [0.3, 0.4) is 0 Å². The van der Waals surface area contributed by atoms with Gasteiger partial charge in [-0.3, -0.25) is 9.59 Å². The molecule has 1 aliphatic rings. The van der Waals surface area contributed by atoms with Crippen molar-refractivity contribution in [1.82, 2.24) is 0 Å². The molecule has 1 aromatic rings. The van der Waals surface area contributed by atoms with Gasteiger partial charge in [-0.25, -0.2) is 0 Å². The van der Waals surface area contributed by atoms with Crippen molar-refractivity contribution in [2.24, 2.45) is 5.11 Å². The first-order valence-electron chi connectivity index (χ1n) is 5.92. The Morgan fingerprint density at radius 2 is 2.10 bits per heavy atom. The van der Waals surface area contributed by atoms with Crippen molar-refractivity contribution in [2.75, 3.05) is 11.9 Å². The summed E-state index contributed by atoms with van der Waals surface area (Å²) in [5.41, 5.74) is 8.72. The smallest absolute Gasteiger partial charge is 0.296 e. The summed E-state index contributed by atoms with van der Waals surface area (Å²) in [6.07, 6.45) is -2.49. The van der Waals surface area contributed by atoms with Crippen molar-refractivity contribution < 1.29 is 19.8 Å². The van der Waals surface area contributed by atoms with Gasteiger partial charge in [0.2, 0.25) is 0 Å². The number of Topliss-reactive ketones (excluding diaryl/α,β-unsaturated/α-hetero) is 1. The lowest BCUT2D eigenvalue weighted by atomic mass is 9.95. The van der Waals surface area contributed by atoms with E-state index in [1.165, 1.54) is 6.07 Å². The van der Waals surface area contributed by atoms with Gasteiger partial charge in [-0.15, -0.1) is 0 Å². The fourth-order valence-corrected chi connectivity index (χ4v) is 2.07. The van der Waals surface area contributed by atoms with Crippen molar-refractivity contribution in [3.63, 3.8) is 0 Å². The van der Waals surface area contributed by atoms with Gasteiger partial charge in [0.1, 0.15) is 6.10 Å². The Labute approximate surface area is 113 Å². The molecule has 0 radical (unpaired) electrons. The minimum atomic E-state index is -1.34. The predicted molar refractivity (Wildman–Crippen MR) is 69.0 cm³/mol. The van der Waals surface area contributed by atoms with E-state index < -0.39 is 23.9 Å². The third-order valence-electron chi connectivity index (χ3n) is 3.05. The normalized spacial score (nSPS) is 16.1. The van der Waals surface area contributed by atoms with Crippen LogP contribution in [0.4, 0.5) is 5.69 Å². The molecule has 1 heterocycles. The average molecular weight is 276 g/mol. The number of azide groups is 1. The largest absolute Gasteiger partial charge is 0.390 e. The summed E-state index contributed by atoms with van der Waals surface area (Å²) >= 11 is 0. The second kappa shape index (κ2) is 5.70. The number of fused-ring (bicyclic) bond motifs is 1. The lowest BCUT2D eigenvalue weighted by molar-refractivity contribution is -0.112. The summed E-state index contributed by atoms with van der Waals surface area (Å²) in [4.78, 5) is 25.6. The van der Waals surface area contributed by atoms with Crippen LogP contribution in [0.2, 0.25) is 0 Å². The van der Waals surface area contributed by atoms with E-state index in [2.05, 4.69) is 15.3 Å². The number of hydrogen-bond acceptors (Lipinski definition) is 5. The summed E-state index contributed by atoms with van der Waals surface area (Å²) in [6, 6.07) is 4.58. The van der Waals surface area contributed by atoms with Crippen LogP contribution in [-0.2, 0) is 4.79 Å². The quantitative estimate of drug-likeness (QED) is 0.319. The second-order valence-corrected chi connectivity index (χ2v) is 4.31. The highest BCUT2D eigenvalue weighted by atomic mass is 16.3. The molecule has 0 spiro atoms. The predicted octanol–water partition coefficient (Wildman–Crippen LogP) is 0.916. The highest BCUT2D eigenvalue weighted by Crippen LogP contribution is 2.31. The van der Waals surface area contributed by atoms with Crippen molar-refractivity contribution in [3.05, 3.63) is 39.8 Å². The van der Waals surface area contributed by atoms with E-state index in [1.807, 2.05) is 0 Å². The van der Waals surface area contributed by atoms with Crippen LogP contribution in [-0.4, -0.2) is 34.6 Å². The molecule has 0 saturated heterocycles. The lowest BCUT2D eigenvalue weighted by Crippen LogP contribution is -2.21. The fraction of sp³-hybridized carbons (Fsp3) is 0.333. The highest BCUT2D eigenvalue weighted by molar-refractivity contribution is 6.52. The maximum absolute atomic E-state index is 11.7. The molecular weight excluding hydrogens is 264 g/mol. The SMILES string of the molecule is [N-]=[N+]=NCCC(O)C(O)c1cccc2c1C(=O)C(=O)N2. The molecule has 0 bridgehead atoms. The van der Waals surface area contributed by atoms with E-state index in [0.717, 1.165) is 0 Å². The zero-order chi connectivity index (χ0) is 14.7. The first kappa shape index (κ1) is 14.0. The van der Waals surface area contributed by atoms with Crippen LogP contribution in [0.25, 0.3) is 10.4 Å². The maximum atomic E-state index is 11.7. The summed E-state index contributed by atoms with van der Waals surface area (Å²) in [5.74, 6) is -1.50. The monoisotopic (exact) mass is 276 g/mol. The molecule has 20 heavy (non-hydrogen) atoms. The van der Waals surface area contributed by atoms with Gasteiger partial charge >= 0.3 is 0 Å². The number of ketones is 1. The van der Waals surface area contributed by atoms with E-state index in [9.17, 15) is 19.8 Å². The summed E-state index contributed by atoms with van der Waals surface area (Å²) in [7, 11) is 0. The topological polar surface area (TPSA) is 135 Å². The van der Waals surface area contributed by atoms with Crippen LogP contribution in [0.15, 0.2) is 23.3 Å². The van der Waals surface area contributed by atoms with Gasteiger partial charge in [-0.05, 0) is 23.6 Å². The van der Waals surface area contributed by atoms with Gasteiger partial charge in [0.25, 0.3) is 11.7 Å². The molecule has 1 amide bonds. The molecule has 0 saturated carbocycles. The molecule has 8 heteroatoms. The Hall–Kier alpha value is -2.41. The Morgan fingerprint density at radius 3 is 2.80 bits per heavy atom. The molecule has 0 fully saturated rings. The zero-order valence-electron chi connectivity index (χ0n) is 10.4. The van der Waals surface area contributed by atoms with E-state index in [0.29, 0.717) is 5.69 Å². The molecule has 8 nitrogen and oxygen atoms in total. The van der Waals surface area contributed by atoms with Crippen molar-refractivity contribution >= 4 is 17.4 Å². The highest BCUT2D eigenvalue weighted by Gasteiger charge is 2.33. The number of rotatable bonds is 5. The Kier molecular flexibility index (Phi) is 3.99. The van der Waals surface area contributed by atoms with Crippen molar-refractivity contribution in [3.8, 4) is 0 Å². The molecule has 104 valence electrons. The second-order valence-electron chi connectivity index (χ2n) is 4.31. The fourth-order valence-electron chi connectivity index (χ4n) is 2.07. The molecule has 1 aromatic carbocycles. The summed E-state index contributed by atoms with van der Waals surface area (Å²) < 4.78 is 0. The van der Waals surface area contributed by atoms with Gasteiger partial charge in [0.05, 0.1) is 17.4 Å². The molecule has 0 aromatic heterocycles. The molecule has 2 unspecified atom stereocenters. The number of hydrogen-bond donors (Lipinski definition) is 3. The molecule has 2 rings (SSSR count). The molecule has 2 atom stereocenters. The minimum Gasteiger partial charge on any atom is -0.390 e. The number of carbonyl (C=O) groups is 2. The van der Waals surface area contributed by atoms with Gasteiger partial charge < -0.3 is 15.5 Å². The molecule has 0 aliphatic carbocycles. The third-order valence-corrected chi connectivity index (χ3v) is 3.05. The Morgan fingerprint density at radius 1 is 1.35 bits per heavy atom. The summed E-state index contributed by atoms with van der Waals surface area (Å²) in [6.45, 7) is 0.0227. The number of nitrogens with zero attached hydrogens (tertiary/aromatic N) is 3. The zero-order valence-corrected chi connectivity index (χ0v) is 10.4. The van der Waals surface area contributed by atoms with E-state index in [1.54, 1.807) is 12.1 Å². The summed E-state index contributed by atoms with van der Waals surface area (Å²) in [5, 5.41) is 25.6. The lowest BCUT2D eigenvalue weighted by Gasteiger charge is -2.19. The number of aliphatic hydroxyl groups is 2. The Balaban J connectivity index is 2.26. The standard InChI is InChI=1S/C12H12N4O4/c13-16-14-5-4-8(17)10(18)6-2-1-3-7-9(6)11(19)12(20)15-7/h1-3,8,10,17-18H,4-5H2,(H,15,19,20). The number of anilines is 1. The van der Waals surface area contributed by atoms with Crippen LogP contribution in [0, 0.1) is 0 Å². The number of benzene rings is 1. The molecular formula is C12H12N4O4. The first-order valence-corrected chi connectivity index (χ1v) is 5.92. The minimum absolute atomic E-state index is 0.0227. The van der Waals surface area contributed by atoms with E-state index in [-0.39, 0.29) is 24.1 Å². The number of carbonyl (C=O) groups excluding carboxylic acids is 2. The number of amides is 1. The van der Waals surface area contributed by atoms with E-state index >= 15 is 0 Å². The van der Waals surface area contributed by atoms with Crippen LogP contribution in [0.1, 0.15) is 28.4 Å². The Bertz CT molecular complexity index is 609. The van der Waals surface area contributed by atoms with Crippen LogP contribution in [0.5, 0.6) is 0 Å². The van der Waals surface area contributed by atoms with Gasteiger partial charge in [-0.1, -0.05) is 17.2 Å².